The number of rotatable bonds is 4. The Bertz CT molecular complexity index is 187. The predicted molar refractivity (Wildman–Crippen MR) is 42.5 cm³/mol. The second kappa shape index (κ2) is 3.04. The van der Waals surface area contributed by atoms with E-state index in [0.717, 1.165) is 0 Å². The lowest BCUT2D eigenvalue weighted by atomic mass is 10.3. The maximum Gasteiger partial charge on any atom is 0.226 e. The van der Waals surface area contributed by atoms with Crippen LogP contribution in [0.3, 0.4) is 0 Å². The zero-order valence-corrected chi connectivity index (χ0v) is 6.55. The van der Waals surface area contributed by atoms with Gasteiger partial charge in [-0.1, -0.05) is 0 Å². The van der Waals surface area contributed by atoms with Gasteiger partial charge in [0.15, 0.2) is 0 Å². The van der Waals surface area contributed by atoms with Crippen LogP contribution in [-0.2, 0) is 0 Å². The molecule has 0 aromatic heterocycles. The number of hydrogen-bond donors (Lipinski definition) is 4. The normalized spacial score (nSPS) is 42.3. The van der Waals surface area contributed by atoms with Crippen molar-refractivity contribution in [2.75, 3.05) is 13.1 Å². The second-order valence-corrected chi connectivity index (χ2v) is 2.79. The third-order valence-electron chi connectivity index (χ3n) is 2.00. The molecule has 1 rings (SSSR count). The summed E-state index contributed by atoms with van der Waals surface area (Å²) in [4.78, 5) is 11.7. The highest BCUT2D eigenvalue weighted by Gasteiger charge is 2.64. The first-order valence-electron chi connectivity index (χ1n) is 3.61. The van der Waals surface area contributed by atoms with Gasteiger partial charge in [0.25, 0.3) is 0 Å². The van der Waals surface area contributed by atoms with Crippen LogP contribution in [0.15, 0.2) is 5.18 Å². The Morgan fingerprint density at radius 3 is 2.58 bits per heavy atom. The van der Waals surface area contributed by atoms with Crippen LogP contribution < -0.4 is 17.2 Å². The fourth-order valence-corrected chi connectivity index (χ4v) is 1.37. The summed E-state index contributed by atoms with van der Waals surface area (Å²) in [5.41, 5.74) is 15.9. The van der Waals surface area contributed by atoms with Crippen molar-refractivity contribution in [3.05, 3.63) is 4.91 Å². The third-order valence-corrected chi connectivity index (χ3v) is 2.00. The standard InChI is InChI=1S/C5H13N5O2/c6-1-2-10-3(4(7)11)5(10,8)9-12/h3-4,11H,1-2,6-8H2. The monoisotopic (exact) mass is 175 g/mol. The molecule has 0 saturated carbocycles. The average Bonchev–Trinajstić information content (AvgIpc) is 2.59. The lowest BCUT2D eigenvalue weighted by Crippen LogP contribution is -2.35. The highest BCUT2D eigenvalue weighted by atomic mass is 16.3. The molecule has 0 aliphatic carbocycles. The molecule has 0 aromatic rings. The molecule has 12 heavy (non-hydrogen) atoms. The van der Waals surface area contributed by atoms with Gasteiger partial charge in [-0.2, -0.15) is 0 Å². The molecule has 4 unspecified atom stereocenters. The summed E-state index contributed by atoms with van der Waals surface area (Å²) in [7, 11) is 0. The van der Waals surface area contributed by atoms with Crippen LogP contribution in [-0.4, -0.2) is 41.2 Å². The lowest BCUT2D eigenvalue weighted by molar-refractivity contribution is 0.161. The Morgan fingerprint density at radius 1 is 1.75 bits per heavy atom. The SMILES string of the molecule is NCCN1C(C(N)O)C1(N)N=O. The Morgan fingerprint density at radius 2 is 2.33 bits per heavy atom. The van der Waals surface area contributed by atoms with E-state index in [1.807, 2.05) is 0 Å². The molecule has 1 heterocycles. The van der Waals surface area contributed by atoms with Gasteiger partial charge in [0, 0.05) is 13.1 Å². The van der Waals surface area contributed by atoms with E-state index in [4.69, 9.17) is 22.3 Å². The average molecular weight is 175 g/mol. The van der Waals surface area contributed by atoms with Gasteiger partial charge in [-0.3, -0.25) is 5.73 Å². The zero-order chi connectivity index (χ0) is 9.35. The highest BCUT2D eigenvalue weighted by Crippen LogP contribution is 2.37. The lowest BCUT2D eigenvalue weighted by Gasteiger charge is -2.00. The van der Waals surface area contributed by atoms with Gasteiger partial charge < -0.3 is 16.6 Å². The van der Waals surface area contributed by atoms with Crippen LogP contribution in [0.25, 0.3) is 0 Å². The van der Waals surface area contributed by atoms with E-state index in [1.54, 1.807) is 0 Å². The molecular formula is C5H13N5O2. The van der Waals surface area contributed by atoms with E-state index >= 15 is 0 Å². The molecule has 4 atom stereocenters. The summed E-state index contributed by atoms with van der Waals surface area (Å²) in [6.45, 7) is 0.749. The number of aliphatic hydroxyl groups is 1. The van der Waals surface area contributed by atoms with Crippen molar-refractivity contribution >= 4 is 0 Å². The molecule has 0 aromatic carbocycles. The highest BCUT2D eigenvalue weighted by molar-refractivity contribution is 5.13. The molecule has 0 amide bonds. The van der Waals surface area contributed by atoms with Gasteiger partial charge in [0.1, 0.15) is 12.3 Å². The Kier molecular flexibility index (Phi) is 2.40. The molecule has 1 aliphatic heterocycles. The summed E-state index contributed by atoms with van der Waals surface area (Å²) in [5, 5.41) is 11.7. The van der Waals surface area contributed by atoms with Gasteiger partial charge in [-0.05, 0) is 5.18 Å². The first kappa shape index (κ1) is 9.49. The minimum absolute atomic E-state index is 0.345. The van der Waals surface area contributed by atoms with Gasteiger partial charge in [-0.15, -0.1) is 4.91 Å². The molecule has 1 fully saturated rings. The molecule has 0 bridgehead atoms. The van der Waals surface area contributed by atoms with Crippen LogP contribution in [0.1, 0.15) is 0 Å². The van der Waals surface area contributed by atoms with Gasteiger partial charge in [0.2, 0.25) is 5.79 Å². The van der Waals surface area contributed by atoms with Crippen LogP contribution in [0.5, 0.6) is 0 Å². The van der Waals surface area contributed by atoms with E-state index in [1.165, 1.54) is 4.90 Å². The van der Waals surface area contributed by atoms with Crippen LogP contribution in [0.4, 0.5) is 0 Å². The minimum atomic E-state index is -1.35. The first-order chi connectivity index (χ1) is 5.57. The molecular weight excluding hydrogens is 162 g/mol. The smallest absolute Gasteiger partial charge is 0.226 e. The maximum absolute atomic E-state index is 10.3. The number of nitrogens with two attached hydrogens (primary N) is 3. The molecule has 0 spiro atoms. The molecule has 7 heteroatoms. The van der Waals surface area contributed by atoms with Crippen molar-refractivity contribution < 1.29 is 5.11 Å². The number of nitroso groups, excluding NO2 is 1. The Hall–Kier alpha value is -0.600. The van der Waals surface area contributed by atoms with Crippen LogP contribution in [0.2, 0.25) is 0 Å². The topological polar surface area (TPSA) is 131 Å². The summed E-state index contributed by atoms with van der Waals surface area (Å²) >= 11 is 0. The van der Waals surface area contributed by atoms with Gasteiger partial charge in [0.05, 0.1) is 0 Å². The Balaban J connectivity index is 2.60. The minimum Gasteiger partial charge on any atom is -0.377 e. The van der Waals surface area contributed by atoms with E-state index in [9.17, 15) is 4.91 Å². The molecule has 70 valence electrons. The van der Waals surface area contributed by atoms with Crippen molar-refractivity contribution in [2.24, 2.45) is 22.4 Å². The summed E-state index contributed by atoms with van der Waals surface area (Å²) in [5.74, 6) is -1.35. The maximum atomic E-state index is 10.3. The molecule has 1 saturated heterocycles. The van der Waals surface area contributed by atoms with Crippen molar-refractivity contribution in [3.63, 3.8) is 0 Å². The van der Waals surface area contributed by atoms with E-state index in [-0.39, 0.29) is 0 Å². The Labute approximate surface area is 69.5 Å². The third kappa shape index (κ3) is 1.21. The van der Waals surface area contributed by atoms with Gasteiger partial charge >= 0.3 is 0 Å². The summed E-state index contributed by atoms with van der Waals surface area (Å²) < 4.78 is 0. The fourth-order valence-electron chi connectivity index (χ4n) is 1.37. The molecule has 7 nitrogen and oxygen atoms in total. The van der Waals surface area contributed by atoms with E-state index in [2.05, 4.69) is 5.18 Å². The molecule has 1 aliphatic rings. The quantitative estimate of drug-likeness (QED) is 0.209. The van der Waals surface area contributed by atoms with Crippen LogP contribution >= 0.6 is 0 Å². The van der Waals surface area contributed by atoms with E-state index < -0.39 is 18.1 Å². The molecule has 0 radical (unpaired) electrons. The van der Waals surface area contributed by atoms with Crippen molar-refractivity contribution in [1.82, 2.24) is 4.90 Å². The number of aliphatic hydroxyl groups excluding tert-OH is 1. The molecule has 7 N–H and O–H groups in total. The van der Waals surface area contributed by atoms with Crippen molar-refractivity contribution in [3.8, 4) is 0 Å². The predicted octanol–water partition coefficient (Wildman–Crippen LogP) is -2.71. The number of nitrogens with zero attached hydrogens (tertiary/aromatic N) is 2. The summed E-state index contributed by atoms with van der Waals surface area (Å²) in [6.07, 6.45) is -1.15. The zero-order valence-electron chi connectivity index (χ0n) is 6.55. The van der Waals surface area contributed by atoms with Crippen LogP contribution in [0, 0.1) is 4.91 Å². The number of hydrogen-bond acceptors (Lipinski definition) is 7. The van der Waals surface area contributed by atoms with Gasteiger partial charge in [-0.25, -0.2) is 4.90 Å². The van der Waals surface area contributed by atoms with Crippen molar-refractivity contribution in [2.45, 2.75) is 18.1 Å². The first-order valence-corrected chi connectivity index (χ1v) is 3.61. The van der Waals surface area contributed by atoms with E-state index in [0.29, 0.717) is 13.1 Å². The summed E-state index contributed by atoms with van der Waals surface area (Å²) in [6, 6.07) is -0.599. The largest absolute Gasteiger partial charge is 0.377 e. The second-order valence-electron chi connectivity index (χ2n) is 2.79. The fraction of sp³-hybridized carbons (Fsp3) is 1.00. The van der Waals surface area contributed by atoms with Crippen molar-refractivity contribution in [1.29, 1.82) is 0 Å².